The van der Waals surface area contributed by atoms with Gasteiger partial charge in [0.1, 0.15) is 0 Å². The zero-order chi connectivity index (χ0) is 11.7. The van der Waals surface area contributed by atoms with Crippen molar-refractivity contribution in [3.8, 4) is 0 Å². The van der Waals surface area contributed by atoms with Crippen LogP contribution in [-0.2, 0) is 32.6 Å². The van der Waals surface area contributed by atoms with E-state index in [0.29, 0.717) is 0 Å². The first kappa shape index (κ1) is 13.9. The summed E-state index contributed by atoms with van der Waals surface area (Å²) in [4.78, 5) is 0. The Morgan fingerprint density at radius 2 is 1.36 bits per heavy atom. The van der Waals surface area contributed by atoms with Crippen molar-refractivity contribution in [2.75, 3.05) is 0 Å². The van der Waals surface area contributed by atoms with Crippen LogP contribution >= 0.6 is 0 Å². The van der Waals surface area contributed by atoms with Crippen molar-refractivity contribution in [3.05, 3.63) is 0 Å². The molecule has 0 aromatic rings. The Bertz CT molecular complexity index is 343. The molecule has 0 aromatic carbocycles. The van der Waals surface area contributed by atoms with Crippen molar-refractivity contribution < 1.29 is 39.1 Å². The summed E-state index contributed by atoms with van der Waals surface area (Å²) in [6.45, 7) is 0. The molecule has 0 fully saturated rings. The minimum Gasteiger partial charge on any atom is -0.292 e. The van der Waals surface area contributed by atoms with Crippen molar-refractivity contribution in [1.82, 2.24) is 3.12 Å². The van der Waals surface area contributed by atoms with E-state index in [1.807, 2.05) is 0 Å². The second-order valence-electron chi connectivity index (χ2n) is 1.61. The predicted octanol–water partition coefficient (Wildman–Crippen LogP) is -0.589. The molecule has 0 rings (SSSR count). The Kier molecular flexibility index (Phi) is 4.17. The molecule has 0 aromatic heterocycles. The molecular weight excluding hydrogens is 275 g/mol. The van der Waals surface area contributed by atoms with Crippen LogP contribution in [0.2, 0.25) is 0 Å². The van der Waals surface area contributed by atoms with Crippen molar-refractivity contribution in [2.45, 2.75) is 5.51 Å². The van der Waals surface area contributed by atoms with Gasteiger partial charge in [0.05, 0.1) is 0 Å². The fourth-order valence-corrected chi connectivity index (χ4v) is 2.76. The van der Waals surface area contributed by atoms with E-state index in [2.05, 4.69) is 0 Å². The van der Waals surface area contributed by atoms with Crippen LogP contribution < -0.4 is 0 Å². The van der Waals surface area contributed by atoms with Gasteiger partial charge >= 0.3 is 15.5 Å². The number of hydrogen-bond donors (Lipinski definition) is 2. The van der Waals surface area contributed by atoms with Crippen LogP contribution in [0.4, 0.5) is 13.2 Å². The standard InChI is InChI=1S/CH2F3NO6S3/c2-1(3,4)14(10,11)5(12(6)7)13(8)9/h(H,6,7)(H,8,9). The number of rotatable bonds is 3. The third-order valence-electron chi connectivity index (χ3n) is 0.744. The number of sulfonamides is 1. The lowest BCUT2D eigenvalue weighted by Gasteiger charge is -2.14. The van der Waals surface area contributed by atoms with Crippen molar-refractivity contribution in [1.29, 1.82) is 0 Å². The van der Waals surface area contributed by atoms with Crippen molar-refractivity contribution in [3.63, 3.8) is 0 Å². The first-order chi connectivity index (χ1) is 6.01. The van der Waals surface area contributed by atoms with Gasteiger partial charge in [0.2, 0.25) is 0 Å². The maximum atomic E-state index is 11.7. The van der Waals surface area contributed by atoms with Crippen LogP contribution in [0.5, 0.6) is 0 Å². The topological polar surface area (TPSA) is 112 Å². The largest absolute Gasteiger partial charge is 0.513 e. The van der Waals surface area contributed by atoms with E-state index in [-0.39, 0.29) is 0 Å². The third-order valence-corrected chi connectivity index (χ3v) is 4.94. The van der Waals surface area contributed by atoms with Gasteiger partial charge in [0, 0.05) is 3.12 Å². The van der Waals surface area contributed by atoms with Crippen molar-refractivity contribution in [2.24, 2.45) is 0 Å². The molecule has 13 heteroatoms. The van der Waals surface area contributed by atoms with Gasteiger partial charge in [-0.1, -0.05) is 0 Å². The van der Waals surface area contributed by atoms with Crippen LogP contribution in [0.25, 0.3) is 0 Å². The fourth-order valence-electron chi connectivity index (χ4n) is 0.307. The van der Waals surface area contributed by atoms with E-state index in [9.17, 15) is 30.0 Å². The fraction of sp³-hybridized carbons (Fsp3) is 1.00. The molecule has 2 unspecified atom stereocenters. The highest BCUT2D eigenvalue weighted by atomic mass is 32.3. The molecule has 0 heterocycles. The number of alkyl halides is 3. The molecule has 14 heavy (non-hydrogen) atoms. The molecule has 0 bridgehead atoms. The van der Waals surface area contributed by atoms with Gasteiger partial charge in [-0.05, 0) is 0 Å². The first-order valence-corrected chi connectivity index (χ1v) is 5.92. The molecule has 0 aliphatic heterocycles. The SMILES string of the molecule is O=S(O)N(S(=O)O)S(=O)(=O)C(F)(F)F. The van der Waals surface area contributed by atoms with E-state index >= 15 is 0 Å². The lowest BCUT2D eigenvalue weighted by Crippen LogP contribution is -2.42. The molecule has 0 aliphatic rings. The summed E-state index contributed by atoms with van der Waals surface area (Å²) in [5.41, 5.74) is -5.93. The number of nitrogens with zero attached hydrogens (tertiary/aromatic N) is 1. The molecule has 2 N–H and O–H groups in total. The number of halogens is 3. The Hall–Kier alpha value is -0.0800. The maximum absolute atomic E-state index is 11.7. The second kappa shape index (κ2) is 4.19. The van der Waals surface area contributed by atoms with Gasteiger partial charge in [0.15, 0.2) is 0 Å². The van der Waals surface area contributed by atoms with Gasteiger partial charge in [-0.25, -0.2) is 16.8 Å². The van der Waals surface area contributed by atoms with Gasteiger partial charge in [0.25, 0.3) is 22.5 Å². The minimum atomic E-state index is -6.30. The van der Waals surface area contributed by atoms with Crippen LogP contribution in [-0.4, -0.2) is 34.6 Å². The lowest BCUT2D eigenvalue weighted by molar-refractivity contribution is -0.0457. The van der Waals surface area contributed by atoms with Crippen LogP contribution in [0, 0.1) is 0 Å². The van der Waals surface area contributed by atoms with Gasteiger partial charge in [-0.2, -0.15) is 13.2 Å². The summed E-state index contributed by atoms with van der Waals surface area (Å²) in [5, 5.41) is 0. The summed E-state index contributed by atoms with van der Waals surface area (Å²) in [6.07, 6.45) is 0. The van der Waals surface area contributed by atoms with Crippen molar-refractivity contribution >= 4 is 32.6 Å². The van der Waals surface area contributed by atoms with E-state index in [4.69, 9.17) is 9.11 Å². The van der Waals surface area contributed by atoms with E-state index in [0.717, 1.165) is 0 Å². The van der Waals surface area contributed by atoms with Gasteiger partial charge in [-0.15, -0.1) is 0 Å². The number of hydrogen-bond acceptors (Lipinski definition) is 4. The van der Waals surface area contributed by atoms with E-state index < -0.39 is 41.2 Å². The lowest BCUT2D eigenvalue weighted by atomic mass is 11.6. The quantitative estimate of drug-likeness (QED) is 0.667. The highest BCUT2D eigenvalue weighted by Gasteiger charge is 2.54. The van der Waals surface area contributed by atoms with Gasteiger partial charge in [-0.3, -0.25) is 9.11 Å². The Balaban J connectivity index is 5.47. The summed E-state index contributed by atoms with van der Waals surface area (Å²) in [6, 6.07) is 0. The van der Waals surface area contributed by atoms with Gasteiger partial charge < -0.3 is 0 Å². The molecule has 0 saturated carbocycles. The molecule has 0 amide bonds. The average Bonchev–Trinajstić information content (AvgIpc) is 1.79. The van der Waals surface area contributed by atoms with Crippen LogP contribution in [0.3, 0.4) is 0 Å². The minimum absolute atomic E-state index is 1.49. The molecule has 0 saturated heterocycles. The van der Waals surface area contributed by atoms with Crippen LogP contribution in [0.15, 0.2) is 0 Å². The summed E-state index contributed by atoms with van der Waals surface area (Å²) >= 11 is -7.55. The Labute approximate surface area is 80.8 Å². The zero-order valence-corrected chi connectivity index (χ0v) is 8.28. The highest BCUT2D eigenvalue weighted by Crippen LogP contribution is 2.28. The molecule has 2 atom stereocenters. The maximum Gasteiger partial charge on any atom is 0.513 e. The molecule has 0 aliphatic carbocycles. The average molecular weight is 277 g/mol. The van der Waals surface area contributed by atoms with E-state index in [1.165, 1.54) is 0 Å². The normalized spacial score (nSPS) is 18.1. The summed E-state index contributed by atoms with van der Waals surface area (Å²) < 4.78 is 90.4. The third kappa shape index (κ3) is 2.71. The molecule has 0 spiro atoms. The Morgan fingerprint density at radius 3 is 1.43 bits per heavy atom. The summed E-state index contributed by atoms with van der Waals surface area (Å²) in [5.74, 6) is 0. The van der Waals surface area contributed by atoms with E-state index in [1.54, 1.807) is 0 Å². The zero-order valence-electron chi connectivity index (χ0n) is 5.83. The first-order valence-electron chi connectivity index (χ1n) is 2.35. The molecule has 86 valence electrons. The molecule has 7 nitrogen and oxygen atoms in total. The predicted molar refractivity (Wildman–Crippen MR) is 38.4 cm³/mol. The smallest absolute Gasteiger partial charge is 0.292 e. The molecular formula is CH2F3NO6S3. The monoisotopic (exact) mass is 277 g/mol. The highest BCUT2D eigenvalue weighted by molar-refractivity contribution is 8.11. The molecule has 0 radical (unpaired) electrons. The summed E-state index contributed by atoms with van der Waals surface area (Å²) in [7, 11) is -6.30. The second-order valence-corrected chi connectivity index (χ2v) is 5.73. The Morgan fingerprint density at radius 1 is 1.07 bits per heavy atom. The van der Waals surface area contributed by atoms with Crippen LogP contribution in [0.1, 0.15) is 0 Å².